The summed E-state index contributed by atoms with van der Waals surface area (Å²) in [5, 5.41) is 5.17. The largest absolute Gasteiger partial charge is 0.376 e. The zero-order valence-corrected chi connectivity index (χ0v) is 24.2. The van der Waals surface area contributed by atoms with Gasteiger partial charge in [0.25, 0.3) is 0 Å². The van der Waals surface area contributed by atoms with Gasteiger partial charge in [-0.2, -0.15) is 0 Å². The number of rotatable bonds is 13. The number of hydrogen-bond donors (Lipinski definition) is 1. The zero-order valence-electron chi connectivity index (χ0n) is 23.4. The molecule has 1 aliphatic heterocycles. The van der Waals surface area contributed by atoms with Crippen molar-refractivity contribution in [1.29, 1.82) is 0 Å². The van der Waals surface area contributed by atoms with Crippen LogP contribution in [0.4, 0.5) is 0 Å². The van der Waals surface area contributed by atoms with Crippen LogP contribution in [0.25, 0.3) is 11.0 Å². The Kier molecular flexibility index (Phi) is 10.1. The van der Waals surface area contributed by atoms with Gasteiger partial charge < -0.3 is 14.6 Å². The Bertz CT molecular complexity index is 1190. The molecular formula is C31H43N3O3S. The van der Waals surface area contributed by atoms with Gasteiger partial charge in [0.05, 0.1) is 17.1 Å². The summed E-state index contributed by atoms with van der Waals surface area (Å²) in [6.45, 7) is 9.91. The second-order valence-electron chi connectivity index (χ2n) is 11.0. The van der Waals surface area contributed by atoms with E-state index in [-0.39, 0.29) is 30.1 Å². The van der Waals surface area contributed by atoms with E-state index in [9.17, 15) is 9.59 Å². The van der Waals surface area contributed by atoms with E-state index in [1.54, 1.807) is 11.3 Å². The molecule has 7 heteroatoms. The molecule has 0 bridgehead atoms. The number of imidazole rings is 1. The third-order valence-corrected chi connectivity index (χ3v) is 8.52. The number of thiophene rings is 1. The van der Waals surface area contributed by atoms with Crippen molar-refractivity contribution in [3.05, 3.63) is 52.0 Å². The number of nitrogens with zero attached hydrogens (tertiary/aromatic N) is 2. The Morgan fingerprint density at radius 1 is 1.18 bits per heavy atom. The topological polar surface area (TPSA) is 73.2 Å². The molecule has 0 aliphatic carbocycles. The molecule has 1 amide bonds. The normalized spacial score (nSPS) is 16.8. The lowest BCUT2D eigenvalue weighted by molar-refractivity contribution is -0.126. The smallest absolute Gasteiger partial charge is 0.223 e. The quantitative estimate of drug-likeness (QED) is 0.239. The predicted octanol–water partition coefficient (Wildman–Crippen LogP) is 6.97. The Balaban J connectivity index is 1.53. The van der Waals surface area contributed by atoms with Gasteiger partial charge in [-0.15, -0.1) is 11.3 Å². The first-order chi connectivity index (χ1) is 18.4. The minimum Gasteiger partial charge on any atom is -0.376 e. The summed E-state index contributed by atoms with van der Waals surface area (Å²) in [5.74, 6) is 0.973. The van der Waals surface area contributed by atoms with E-state index in [1.165, 1.54) is 4.88 Å². The standard InChI is InChI=1S/C31H43N3O3S/c1-5-24(6-2)34-28-13-12-22(17-27(28)33-30(34)19-26-11-9-15-38-26)29(35)18-23(16-21(3)4)31(36)32-20-25-10-7-8-14-37-25/h9,11-13,15,17,21,23-25H,5-8,10,14,16,18-20H2,1-4H3,(H,32,36)/t23-,25?/m1/s1. The highest BCUT2D eigenvalue weighted by atomic mass is 32.1. The number of aromatic nitrogens is 2. The molecule has 3 aromatic rings. The Hall–Kier alpha value is -2.51. The van der Waals surface area contributed by atoms with Crippen LogP contribution >= 0.6 is 11.3 Å². The summed E-state index contributed by atoms with van der Waals surface area (Å²) in [7, 11) is 0. The number of carbonyl (C=O) groups is 2. The highest BCUT2D eigenvalue weighted by Gasteiger charge is 2.26. The fraction of sp³-hybridized carbons (Fsp3) is 0.581. The molecule has 3 heterocycles. The molecule has 206 valence electrons. The van der Waals surface area contributed by atoms with Crippen molar-refractivity contribution in [2.45, 2.75) is 91.2 Å². The molecule has 1 fully saturated rings. The van der Waals surface area contributed by atoms with Gasteiger partial charge in [-0.05, 0) is 74.1 Å². The van der Waals surface area contributed by atoms with Crippen molar-refractivity contribution in [2.24, 2.45) is 11.8 Å². The van der Waals surface area contributed by atoms with Crippen LogP contribution in [0.1, 0.15) is 99.7 Å². The third-order valence-electron chi connectivity index (χ3n) is 7.64. The number of hydrogen-bond acceptors (Lipinski definition) is 5. The van der Waals surface area contributed by atoms with Gasteiger partial charge in [-0.25, -0.2) is 4.98 Å². The molecule has 2 aromatic heterocycles. The fourth-order valence-corrected chi connectivity index (χ4v) is 6.30. The molecule has 0 spiro atoms. The van der Waals surface area contributed by atoms with E-state index in [0.29, 0.717) is 30.5 Å². The Morgan fingerprint density at radius 2 is 2.00 bits per heavy atom. The van der Waals surface area contributed by atoms with E-state index < -0.39 is 0 Å². The number of ketones is 1. The average Bonchev–Trinajstić information content (AvgIpc) is 3.55. The first-order valence-electron chi connectivity index (χ1n) is 14.3. The molecule has 1 aliphatic rings. The summed E-state index contributed by atoms with van der Waals surface area (Å²) in [6, 6.07) is 10.5. The second kappa shape index (κ2) is 13.5. The highest BCUT2D eigenvalue weighted by Crippen LogP contribution is 2.29. The van der Waals surface area contributed by atoms with Crippen molar-refractivity contribution in [3.8, 4) is 0 Å². The lowest BCUT2D eigenvalue weighted by Crippen LogP contribution is -2.39. The minimum atomic E-state index is -0.349. The Morgan fingerprint density at radius 3 is 2.66 bits per heavy atom. The van der Waals surface area contributed by atoms with Crippen molar-refractivity contribution in [3.63, 3.8) is 0 Å². The van der Waals surface area contributed by atoms with Crippen LogP contribution in [-0.2, 0) is 16.0 Å². The van der Waals surface area contributed by atoms with Crippen molar-refractivity contribution >= 4 is 34.1 Å². The summed E-state index contributed by atoms with van der Waals surface area (Å²) < 4.78 is 8.13. The molecule has 38 heavy (non-hydrogen) atoms. The van der Waals surface area contributed by atoms with Crippen LogP contribution in [0, 0.1) is 11.8 Å². The van der Waals surface area contributed by atoms with Gasteiger partial charge in [0.2, 0.25) is 5.91 Å². The first-order valence-corrected chi connectivity index (χ1v) is 15.2. The molecule has 1 unspecified atom stereocenters. The zero-order chi connectivity index (χ0) is 27.1. The average molecular weight is 538 g/mol. The summed E-state index contributed by atoms with van der Waals surface area (Å²) in [4.78, 5) is 32.9. The molecule has 0 radical (unpaired) electrons. The van der Waals surface area contributed by atoms with Gasteiger partial charge in [-0.1, -0.05) is 33.8 Å². The van der Waals surface area contributed by atoms with Gasteiger partial charge >= 0.3 is 0 Å². The number of nitrogens with one attached hydrogen (secondary N) is 1. The van der Waals surface area contributed by atoms with Gasteiger partial charge in [0.1, 0.15) is 5.82 Å². The number of benzene rings is 1. The Labute approximate surface area is 231 Å². The van der Waals surface area contributed by atoms with Gasteiger partial charge in [-0.3, -0.25) is 9.59 Å². The molecule has 1 N–H and O–H groups in total. The second-order valence-corrected chi connectivity index (χ2v) is 12.0. The number of Topliss-reactive ketones (excluding diaryl/α,β-unsaturated/α-hetero) is 1. The lowest BCUT2D eigenvalue weighted by atomic mass is 9.89. The van der Waals surface area contributed by atoms with Gasteiger partial charge in [0, 0.05) is 48.4 Å². The van der Waals surface area contributed by atoms with Crippen LogP contribution in [0.2, 0.25) is 0 Å². The molecule has 1 aromatic carbocycles. The van der Waals surface area contributed by atoms with Crippen molar-refractivity contribution in [2.75, 3.05) is 13.2 Å². The predicted molar refractivity (Wildman–Crippen MR) is 155 cm³/mol. The molecule has 6 nitrogen and oxygen atoms in total. The maximum atomic E-state index is 13.4. The van der Waals surface area contributed by atoms with Crippen LogP contribution in [0.3, 0.4) is 0 Å². The van der Waals surface area contributed by atoms with E-state index in [1.807, 2.05) is 18.2 Å². The summed E-state index contributed by atoms with van der Waals surface area (Å²) >= 11 is 1.75. The highest BCUT2D eigenvalue weighted by molar-refractivity contribution is 7.09. The van der Waals surface area contributed by atoms with E-state index in [0.717, 1.165) is 62.0 Å². The van der Waals surface area contributed by atoms with E-state index in [2.05, 4.69) is 55.1 Å². The number of fused-ring (bicyclic) bond motifs is 1. The lowest BCUT2D eigenvalue weighted by Gasteiger charge is -2.24. The SMILES string of the molecule is CCC(CC)n1c(Cc2cccs2)nc2cc(C(=O)C[C@@H](CC(C)C)C(=O)NCC3CCCCO3)ccc21. The third kappa shape index (κ3) is 7.11. The summed E-state index contributed by atoms with van der Waals surface area (Å²) in [5.41, 5.74) is 2.56. The number of amides is 1. The van der Waals surface area contributed by atoms with E-state index in [4.69, 9.17) is 9.72 Å². The van der Waals surface area contributed by atoms with Crippen LogP contribution in [0.5, 0.6) is 0 Å². The number of carbonyl (C=O) groups excluding carboxylic acids is 2. The van der Waals surface area contributed by atoms with Crippen LogP contribution in [0.15, 0.2) is 35.7 Å². The van der Waals surface area contributed by atoms with Gasteiger partial charge in [0.15, 0.2) is 5.78 Å². The molecule has 4 rings (SSSR count). The van der Waals surface area contributed by atoms with Crippen LogP contribution < -0.4 is 5.32 Å². The van der Waals surface area contributed by atoms with E-state index >= 15 is 0 Å². The first kappa shape index (κ1) is 28.5. The van der Waals surface area contributed by atoms with Crippen LogP contribution in [-0.4, -0.2) is 40.5 Å². The fourth-order valence-electron chi connectivity index (χ4n) is 5.60. The minimum absolute atomic E-state index is 0.00138. The molecule has 2 atom stereocenters. The maximum Gasteiger partial charge on any atom is 0.223 e. The monoisotopic (exact) mass is 537 g/mol. The molecular weight excluding hydrogens is 494 g/mol. The number of ether oxygens (including phenoxy) is 1. The van der Waals surface area contributed by atoms with Crippen molar-refractivity contribution < 1.29 is 14.3 Å². The molecule has 1 saturated heterocycles. The summed E-state index contributed by atoms with van der Waals surface area (Å²) in [6.07, 6.45) is 7.01. The maximum absolute atomic E-state index is 13.4. The molecule has 0 saturated carbocycles. The van der Waals surface area contributed by atoms with Crippen molar-refractivity contribution in [1.82, 2.24) is 14.9 Å².